The Kier molecular flexibility index (Phi) is 4.04. The zero-order chi connectivity index (χ0) is 14.7. The number of likely N-dealkylation sites (tertiary alicyclic amines) is 1. The number of amides is 1. The zero-order valence-electron chi connectivity index (χ0n) is 12.4. The minimum atomic E-state index is 0.158. The first-order valence-electron chi connectivity index (χ1n) is 7.54. The highest BCUT2D eigenvalue weighted by Crippen LogP contribution is 2.20. The van der Waals surface area contributed by atoms with E-state index in [0.29, 0.717) is 5.92 Å². The van der Waals surface area contributed by atoms with Gasteiger partial charge in [0.1, 0.15) is 0 Å². The molecule has 0 N–H and O–H groups in total. The first kappa shape index (κ1) is 13.9. The van der Waals surface area contributed by atoms with Crippen LogP contribution in [0.15, 0.2) is 43.0 Å². The molecule has 1 fully saturated rings. The molecule has 0 saturated carbocycles. The molecule has 0 spiro atoms. The Morgan fingerprint density at radius 1 is 1.33 bits per heavy atom. The number of aryl methyl sites for hydroxylation is 1. The van der Waals surface area contributed by atoms with Crippen LogP contribution in [0.2, 0.25) is 0 Å². The van der Waals surface area contributed by atoms with Crippen LogP contribution in [0.1, 0.15) is 28.8 Å². The lowest BCUT2D eigenvalue weighted by atomic mass is 9.97. The Balaban J connectivity index is 1.65. The molecule has 1 aromatic carbocycles. The van der Waals surface area contributed by atoms with Crippen LogP contribution in [-0.4, -0.2) is 33.4 Å². The fourth-order valence-electron chi connectivity index (χ4n) is 2.97. The molecule has 1 aromatic heterocycles. The van der Waals surface area contributed by atoms with Crippen molar-refractivity contribution in [3.05, 3.63) is 54.1 Å². The summed E-state index contributed by atoms with van der Waals surface area (Å²) in [6, 6.07) is 7.86. The summed E-state index contributed by atoms with van der Waals surface area (Å²) >= 11 is 0. The summed E-state index contributed by atoms with van der Waals surface area (Å²) in [6.07, 6.45) is 7.90. The largest absolute Gasteiger partial charge is 0.338 e. The summed E-state index contributed by atoms with van der Waals surface area (Å²) in [5.74, 6) is 0.674. The standard InChI is InChI=1S/C17H21N3O/c1-14-4-6-16(7-5-14)17(21)20-9-2-3-15(12-20)11-19-10-8-18-13-19/h4-8,10,13,15H,2-3,9,11-12H2,1H3. The molecule has 4 nitrogen and oxygen atoms in total. The molecule has 110 valence electrons. The Morgan fingerprint density at radius 3 is 2.86 bits per heavy atom. The molecule has 4 heteroatoms. The van der Waals surface area contributed by atoms with Crippen LogP contribution >= 0.6 is 0 Å². The second-order valence-corrected chi connectivity index (χ2v) is 5.88. The predicted molar refractivity (Wildman–Crippen MR) is 82.0 cm³/mol. The molecule has 1 amide bonds. The quantitative estimate of drug-likeness (QED) is 0.868. The molecule has 2 heterocycles. The number of hydrogen-bond donors (Lipinski definition) is 0. The van der Waals surface area contributed by atoms with Crippen molar-refractivity contribution in [1.82, 2.24) is 14.5 Å². The van der Waals surface area contributed by atoms with Crippen molar-refractivity contribution in [1.29, 1.82) is 0 Å². The van der Waals surface area contributed by atoms with E-state index in [9.17, 15) is 4.79 Å². The van der Waals surface area contributed by atoms with Crippen molar-refractivity contribution in [3.63, 3.8) is 0 Å². The fourth-order valence-corrected chi connectivity index (χ4v) is 2.97. The lowest BCUT2D eigenvalue weighted by molar-refractivity contribution is 0.0662. The Bertz CT molecular complexity index is 589. The van der Waals surface area contributed by atoms with Gasteiger partial charge < -0.3 is 9.47 Å². The van der Waals surface area contributed by atoms with E-state index in [1.54, 1.807) is 6.20 Å². The highest BCUT2D eigenvalue weighted by molar-refractivity contribution is 5.94. The van der Waals surface area contributed by atoms with Gasteiger partial charge in [-0.15, -0.1) is 0 Å². The van der Waals surface area contributed by atoms with Crippen molar-refractivity contribution >= 4 is 5.91 Å². The maximum Gasteiger partial charge on any atom is 0.253 e. The Labute approximate surface area is 125 Å². The first-order valence-corrected chi connectivity index (χ1v) is 7.54. The van der Waals surface area contributed by atoms with Crippen LogP contribution in [0, 0.1) is 12.8 Å². The van der Waals surface area contributed by atoms with Gasteiger partial charge >= 0.3 is 0 Å². The maximum atomic E-state index is 12.6. The van der Waals surface area contributed by atoms with Crippen LogP contribution in [0.4, 0.5) is 0 Å². The molecule has 0 radical (unpaired) electrons. The van der Waals surface area contributed by atoms with Gasteiger partial charge in [0.2, 0.25) is 0 Å². The van der Waals surface area contributed by atoms with Gasteiger partial charge in [0.05, 0.1) is 6.33 Å². The van der Waals surface area contributed by atoms with Crippen LogP contribution in [0.5, 0.6) is 0 Å². The average Bonchev–Trinajstić information content (AvgIpc) is 3.00. The molecule has 2 aromatic rings. The van der Waals surface area contributed by atoms with Crippen molar-refractivity contribution < 1.29 is 4.79 Å². The van der Waals surface area contributed by atoms with Crippen LogP contribution < -0.4 is 0 Å². The van der Waals surface area contributed by atoms with Gasteiger partial charge in [-0.05, 0) is 37.8 Å². The zero-order valence-corrected chi connectivity index (χ0v) is 12.4. The number of piperidine rings is 1. The Hall–Kier alpha value is -2.10. The number of imidazole rings is 1. The summed E-state index contributed by atoms with van der Waals surface area (Å²) in [5, 5.41) is 0. The van der Waals surface area contributed by atoms with Crippen molar-refractivity contribution in [2.24, 2.45) is 5.92 Å². The number of benzene rings is 1. The number of hydrogen-bond acceptors (Lipinski definition) is 2. The highest BCUT2D eigenvalue weighted by Gasteiger charge is 2.24. The first-order chi connectivity index (χ1) is 10.2. The van der Waals surface area contributed by atoms with E-state index in [1.807, 2.05) is 48.6 Å². The predicted octanol–water partition coefficient (Wildman–Crippen LogP) is 2.74. The summed E-state index contributed by atoms with van der Waals surface area (Å²) in [7, 11) is 0. The molecule has 0 bridgehead atoms. The Morgan fingerprint density at radius 2 is 2.14 bits per heavy atom. The van der Waals surface area contributed by atoms with Crippen LogP contribution in [0.25, 0.3) is 0 Å². The van der Waals surface area contributed by atoms with Crippen LogP contribution in [0.3, 0.4) is 0 Å². The number of carbonyl (C=O) groups is 1. The lowest BCUT2D eigenvalue weighted by Gasteiger charge is -2.33. The molecule has 1 aliphatic rings. The fraction of sp³-hybridized carbons (Fsp3) is 0.412. The third-order valence-corrected chi connectivity index (χ3v) is 4.13. The number of carbonyl (C=O) groups excluding carboxylic acids is 1. The highest BCUT2D eigenvalue weighted by atomic mass is 16.2. The molecular weight excluding hydrogens is 262 g/mol. The van der Waals surface area contributed by atoms with E-state index in [-0.39, 0.29) is 5.91 Å². The molecule has 21 heavy (non-hydrogen) atoms. The maximum absolute atomic E-state index is 12.6. The normalized spacial score (nSPS) is 18.7. The van der Waals surface area contributed by atoms with Crippen LogP contribution in [-0.2, 0) is 6.54 Å². The number of rotatable bonds is 3. The van der Waals surface area contributed by atoms with E-state index >= 15 is 0 Å². The second kappa shape index (κ2) is 6.12. The van der Waals surface area contributed by atoms with Gasteiger partial charge in [-0.25, -0.2) is 4.98 Å². The van der Waals surface area contributed by atoms with E-state index in [2.05, 4.69) is 9.55 Å². The van der Waals surface area contributed by atoms with E-state index < -0.39 is 0 Å². The number of aromatic nitrogens is 2. The average molecular weight is 283 g/mol. The molecule has 1 unspecified atom stereocenters. The third kappa shape index (κ3) is 3.32. The molecule has 1 aliphatic heterocycles. The van der Waals surface area contributed by atoms with E-state index in [1.165, 1.54) is 12.0 Å². The molecular formula is C17H21N3O. The number of nitrogens with zero attached hydrogens (tertiary/aromatic N) is 3. The second-order valence-electron chi connectivity index (χ2n) is 5.88. The summed E-state index contributed by atoms with van der Waals surface area (Å²) < 4.78 is 2.10. The van der Waals surface area contributed by atoms with Gasteiger partial charge in [-0.2, -0.15) is 0 Å². The van der Waals surface area contributed by atoms with Gasteiger partial charge in [-0.1, -0.05) is 17.7 Å². The molecule has 1 atom stereocenters. The summed E-state index contributed by atoms with van der Waals surface area (Å²) in [4.78, 5) is 18.6. The SMILES string of the molecule is Cc1ccc(C(=O)N2CCCC(Cn3ccnc3)C2)cc1. The monoisotopic (exact) mass is 283 g/mol. The van der Waals surface area contributed by atoms with Gasteiger partial charge in [0.25, 0.3) is 5.91 Å². The van der Waals surface area contributed by atoms with Crippen molar-refractivity contribution in [2.75, 3.05) is 13.1 Å². The minimum absolute atomic E-state index is 0.158. The van der Waals surface area contributed by atoms with E-state index in [0.717, 1.165) is 31.6 Å². The third-order valence-electron chi connectivity index (χ3n) is 4.13. The molecule has 1 saturated heterocycles. The molecule has 0 aliphatic carbocycles. The topological polar surface area (TPSA) is 38.1 Å². The van der Waals surface area contributed by atoms with Gasteiger partial charge in [0.15, 0.2) is 0 Å². The van der Waals surface area contributed by atoms with Crippen molar-refractivity contribution in [3.8, 4) is 0 Å². The molecule has 3 rings (SSSR count). The summed E-state index contributed by atoms with van der Waals surface area (Å²) in [5.41, 5.74) is 1.98. The van der Waals surface area contributed by atoms with E-state index in [4.69, 9.17) is 0 Å². The minimum Gasteiger partial charge on any atom is -0.338 e. The van der Waals surface area contributed by atoms with Gasteiger partial charge in [-0.3, -0.25) is 4.79 Å². The van der Waals surface area contributed by atoms with Crippen molar-refractivity contribution in [2.45, 2.75) is 26.3 Å². The van der Waals surface area contributed by atoms with Gasteiger partial charge in [0, 0.05) is 37.6 Å². The smallest absolute Gasteiger partial charge is 0.253 e. The lowest BCUT2D eigenvalue weighted by Crippen LogP contribution is -2.41. The summed E-state index contributed by atoms with van der Waals surface area (Å²) in [6.45, 7) is 4.69.